The number of ketones is 1. The van der Waals surface area contributed by atoms with Crippen LogP contribution in [0.4, 0.5) is 0 Å². The standard InChI is InChI=1S/C34H54.C29H48.C28H46O.C26H42O/c1-7-30(18-10-16-28(5)15-9-14-27(4)13-8-12-26(2)3)19-11-17-29(6)34-23-31-20-32(24-34)22-33(21-31)25-34;1-24(2)14-9-16-26(5)18-11-20-28(7)22-13-23-29(8)21-12-19-27(6)17-10-15-25(3)4;1-23(2)13-10-14-24(3)15-11-16-25(4)17-12-18-26(5)21-22-29-27(6)28-19-8-7-9-20-28;1-21(2)11-8-12-22(3)13-9-14-23(4)15-10-16-24(5)19-20-25-17-6-7-18-26(25)27/h12,14,16,19,31-33H,6-11,13,15,17-18,20-25H2,1-5H3;15-16,19-20,23H,1,9-14,17-18,21-22H2,2-8H3;13,15,17,21,28H,6-12,14,16,18-20,22H2,1-5H3;11,13,15,19,25H,6-10,12,14,16-18,20H2,1-5H3/b27-14+,28-16+,30-19+;26-16+,27-19+,28-20+,29-23+;24-15+,25-17+,26-21+;22-13+,23-15+,24-19+. The Hall–Kier alpha value is -5.73. The minimum atomic E-state index is 0.303. The van der Waals surface area contributed by atoms with Crippen molar-refractivity contribution in [3.8, 4) is 0 Å². The number of carbonyl (C=O) groups is 1. The Morgan fingerprint density at radius 1 is 0.319 bits per heavy atom. The fourth-order valence-corrected chi connectivity index (χ4v) is 18.2. The van der Waals surface area contributed by atoms with Crippen molar-refractivity contribution in [1.29, 1.82) is 0 Å². The van der Waals surface area contributed by atoms with Gasteiger partial charge in [0.25, 0.3) is 0 Å². The molecule has 0 aromatic rings. The zero-order valence-electron chi connectivity index (χ0n) is 82.6. The Labute approximate surface area is 741 Å². The summed E-state index contributed by atoms with van der Waals surface area (Å²) in [6.07, 6.45) is 97.8. The number of rotatable bonds is 53. The van der Waals surface area contributed by atoms with Crippen LogP contribution in [0.1, 0.15) is 454 Å². The molecule has 0 aromatic heterocycles. The van der Waals surface area contributed by atoms with Gasteiger partial charge in [0, 0.05) is 18.3 Å². The lowest BCUT2D eigenvalue weighted by Crippen LogP contribution is -2.46. The van der Waals surface area contributed by atoms with E-state index in [0.717, 1.165) is 107 Å². The molecule has 6 fully saturated rings. The van der Waals surface area contributed by atoms with Crippen molar-refractivity contribution < 1.29 is 9.53 Å². The second-order valence-electron chi connectivity index (χ2n) is 39.5. The van der Waals surface area contributed by atoms with Gasteiger partial charge >= 0.3 is 0 Å². The molecule has 6 saturated carbocycles. The van der Waals surface area contributed by atoms with E-state index >= 15 is 0 Å². The number of carbonyl (C=O) groups excluding carboxylic acids is 1. The summed E-state index contributed by atoms with van der Waals surface area (Å²) in [4.78, 5) is 11.9. The molecule has 0 aliphatic heterocycles. The highest BCUT2D eigenvalue weighted by Gasteiger charge is 2.51. The molecule has 2 nitrogen and oxygen atoms in total. The lowest BCUT2D eigenvalue weighted by Gasteiger charge is -2.57. The number of ether oxygens (including phenoxy) is 1. The van der Waals surface area contributed by atoms with Crippen molar-refractivity contribution in [3.63, 3.8) is 0 Å². The van der Waals surface area contributed by atoms with E-state index < -0.39 is 0 Å². The Kier molecular flexibility index (Phi) is 61.4. The highest BCUT2D eigenvalue weighted by atomic mass is 16.5. The van der Waals surface area contributed by atoms with Gasteiger partial charge in [0.2, 0.25) is 0 Å². The normalized spacial score (nSPS) is 20.1. The van der Waals surface area contributed by atoms with Gasteiger partial charge in [-0.2, -0.15) is 0 Å². The molecule has 0 heterocycles. The minimum absolute atomic E-state index is 0.303. The number of hydrogen-bond donors (Lipinski definition) is 0. The maximum atomic E-state index is 11.9. The van der Waals surface area contributed by atoms with Crippen molar-refractivity contribution in [3.05, 3.63) is 235 Å². The zero-order valence-corrected chi connectivity index (χ0v) is 82.6. The van der Waals surface area contributed by atoms with Crippen LogP contribution in [0.2, 0.25) is 0 Å². The molecule has 0 spiro atoms. The van der Waals surface area contributed by atoms with E-state index in [1.165, 1.54) is 307 Å². The van der Waals surface area contributed by atoms with Gasteiger partial charge in [-0.25, -0.2) is 0 Å². The van der Waals surface area contributed by atoms with E-state index in [9.17, 15) is 4.79 Å². The summed E-state index contributed by atoms with van der Waals surface area (Å²) in [6.45, 7) is 62.5. The fraction of sp³-hybridized carbons (Fsp3) is 0.650. The maximum Gasteiger partial charge on any atom is 0.136 e. The van der Waals surface area contributed by atoms with E-state index in [-0.39, 0.29) is 0 Å². The number of allylic oxidation sites excluding steroid dienone is 36. The van der Waals surface area contributed by atoms with Gasteiger partial charge in [-0.05, 0) is 444 Å². The van der Waals surface area contributed by atoms with Crippen molar-refractivity contribution in [2.45, 2.75) is 454 Å². The molecule has 119 heavy (non-hydrogen) atoms. The summed E-state index contributed by atoms with van der Waals surface area (Å²) in [5.74, 6) is 5.48. The third-order valence-electron chi connectivity index (χ3n) is 26.0. The SMILES string of the molecule is C=C(C)CC/C=C(\C)CC/C=C(\C)CC/C=C(\C)CC/C=C(\C)CCC=C(C)C.C=C(CC/C=C(\CC)CC/C=C(\C)CC/C=C(\C)CCC=C(C)C)C12CC3CC(CC(C3)C1)C2.C=C(OC/C=C(\C)CC/C=C(\C)CC/C=C(\C)CCC=C(C)C)C1CCCCC1.CC(C)=CCC/C(C)=C/CC/C(C)=C/CC/C(C)=C/CC1CCCCC1=O. The molecule has 0 aromatic carbocycles. The highest BCUT2D eigenvalue weighted by Crippen LogP contribution is 2.63. The lowest BCUT2D eigenvalue weighted by atomic mass is 9.47. The molecule has 0 radical (unpaired) electrons. The molecule has 6 aliphatic rings. The van der Waals surface area contributed by atoms with Crippen LogP contribution in [-0.4, -0.2) is 12.4 Å². The third kappa shape index (κ3) is 58.1. The van der Waals surface area contributed by atoms with Crippen LogP contribution in [0, 0.1) is 35.0 Å². The second-order valence-corrected chi connectivity index (χ2v) is 39.5. The van der Waals surface area contributed by atoms with Gasteiger partial charge < -0.3 is 4.74 Å². The summed E-state index contributed by atoms with van der Waals surface area (Å²) in [7, 11) is 0. The van der Waals surface area contributed by atoms with Crippen LogP contribution in [0.5, 0.6) is 0 Å². The summed E-state index contributed by atoms with van der Waals surface area (Å²) >= 11 is 0. The van der Waals surface area contributed by atoms with E-state index in [4.69, 9.17) is 4.74 Å². The van der Waals surface area contributed by atoms with E-state index in [1.54, 1.807) is 16.7 Å². The van der Waals surface area contributed by atoms with Gasteiger partial charge in [-0.3, -0.25) is 4.79 Å². The fourth-order valence-electron chi connectivity index (χ4n) is 18.2. The molecule has 6 rings (SSSR count). The second kappa shape index (κ2) is 66.8. The molecule has 6 aliphatic carbocycles. The van der Waals surface area contributed by atoms with Crippen LogP contribution >= 0.6 is 0 Å². The molecule has 0 amide bonds. The molecule has 0 saturated heterocycles. The van der Waals surface area contributed by atoms with Crippen LogP contribution in [-0.2, 0) is 9.53 Å². The summed E-state index contributed by atoms with van der Waals surface area (Å²) in [6, 6.07) is 0. The average Bonchev–Trinajstić information content (AvgIpc) is 0.742. The predicted octanol–water partition coefficient (Wildman–Crippen LogP) is 38.8. The highest BCUT2D eigenvalue weighted by molar-refractivity contribution is 5.81. The topological polar surface area (TPSA) is 26.3 Å². The maximum absolute atomic E-state index is 11.9. The number of hydrogen-bond acceptors (Lipinski definition) is 2. The molecule has 4 bridgehead atoms. The molecule has 0 N–H and O–H groups in total. The Bertz CT molecular complexity index is 3440. The van der Waals surface area contributed by atoms with Crippen LogP contribution in [0.25, 0.3) is 0 Å². The molecular weight excluding hydrogens is 1440 g/mol. The van der Waals surface area contributed by atoms with E-state index in [2.05, 4.69) is 275 Å². The van der Waals surface area contributed by atoms with E-state index in [1.807, 2.05) is 0 Å². The van der Waals surface area contributed by atoms with Gasteiger partial charge in [-0.15, -0.1) is 6.58 Å². The summed E-state index contributed by atoms with van der Waals surface area (Å²) < 4.78 is 5.90. The zero-order chi connectivity index (χ0) is 88.2. The average molecular weight is 1630 g/mol. The van der Waals surface area contributed by atoms with Gasteiger partial charge in [-0.1, -0.05) is 249 Å². The van der Waals surface area contributed by atoms with E-state index in [0.29, 0.717) is 29.6 Å². The Morgan fingerprint density at radius 3 is 0.899 bits per heavy atom. The largest absolute Gasteiger partial charge is 0.494 e. The van der Waals surface area contributed by atoms with Crippen LogP contribution in [0.3, 0.4) is 0 Å². The lowest BCUT2D eigenvalue weighted by molar-refractivity contribution is -0.124. The summed E-state index contributed by atoms with van der Waals surface area (Å²) in [5.41, 5.74) is 28.8. The van der Waals surface area contributed by atoms with Gasteiger partial charge in [0.15, 0.2) is 0 Å². The van der Waals surface area contributed by atoms with Crippen molar-refractivity contribution in [2.75, 3.05) is 6.61 Å². The first-order valence-corrected chi connectivity index (χ1v) is 49.0. The molecule has 670 valence electrons. The Morgan fingerprint density at radius 2 is 0.597 bits per heavy atom. The number of Topliss-reactive ketones (excluding diaryl/α,β-unsaturated/α-hetero) is 1. The first kappa shape index (κ1) is 109. The first-order valence-electron chi connectivity index (χ1n) is 49.0. The quantitative estimate of drug-likeness (QED) is 0.0448. The van der Waals surface area contributed by atoms with Crippen LogP contribution < -0.4 is 0 Å². The smallest absolute Gasteiger partial charge is 0.136 e. The summed E-state index contributed by atoms with van der Waals surface area (Å²) in [5, 5.41) is 0. The molecule has 1 atom stereocenters. The molecule has 1 unspecified atom stereocenters. The Balaban J connectivity index is 0.000000540. The predicted molar refractivity (Wildman–Crippen MR) is 538 cm³/mol. The molecule has 2 heteroatoms. The minimum Gasteiger partial charge on any atom is -0.494 e. The van der Waals surface area contributed by atoms with Gasteiger partial charge in [0.1, 0.15) is 12.4 Å². The molecular formula is C117H190O2. The van der Waals surface area contributed by atoms with Crippen molar-refractivity contribution in [2.24, 2.45) is 35.0 Å². The van der Waals surface area contributed by atoms with Crippen molar-refractivity contribution in [1.82, 2.24) is 0 Å². The van der Waals surface area contributed by atoms with Gasteiger partial charge in [0.05, 0.1) is 5.76 Å². The first-order chi connectivity index (χ1) is 56.8. The van der Waals surface area contributed by atoms with Crippen LogP contribution in [0.15, 0.2) is 235 Å². The third-order valence-corrected chi connectivity index (χ3v) is 26.0. The van der Waals surface area contributed by atoms with Crippen molar-refractivity contribution >= 4 is 5.78 Å². The monoisotopic (exact) mass is 1630 g/mol.